The maximum Gasteiger partial charge on any atom is 0.205 e. The second-order valence-electron chi connectivity index (χ2n) is 5.96. The molecule has 148 valence electrons. The number of thioether (sulfide) groups is 1. The van der Waals surface area contributed by atoms with Gasteiger partial charge in [-0.05, 0) is 12.1 Å². The van der Waals surface area contributed by atoms with E-state index in [-0.39, 0.29) is 24.0 Å². The Balaban J connectivity index is 0.00000261. The molecule has 0 radical (unpaired) electrons. The number of aryl methyl sites for hydroxylation is 1. The van der Waals surface area contributed by atoms with E-state index in [9.17, 15) is 0 Å². The Morgan fingerprint density at radius 3 is 2.59 bits per heavy atom. The number of nitrogens with one attached hydrogen (secondary N) is 1. The van der Waals surface area contributed by atoms with Gasteiger partial charge in [0.15, 0.2) is 5.96 Å². The zero-order valence-electron chi connectivity index (χ0n) is 15.8. The summed E-state index contributed by atoms with van der Waals surface area (Å²) >= 11 is 3.37. The van der Waals surface area contributed by atoms with Crippen LogP contribution in [-0.2, 0) is 6.42 Å². The number of aliphatic imine (C=N–C) groups is 1. The molecule has 0 spiro atoms. The van der Waals surface area contributed by atoms with Crippen LogP contribution in [0.2, 0.25) is 0 Å². The highest BCUT2D eigenvalue weighted by Gasteiger charge is 2.21. The lowest BCUT2D eigenvalue weighted by atomic mass is 10.3. The molecule has 1 aliphatic rings. The van der Waals surface area contributed by atoms with Gasteiger partial charge in [0.2, 0.25) is 5.13 Å². The van der Waals surface area contributed by atoms with Gasteiger partial charge >= 0.3 is 0 Å². The van der Waals surface area contributed by atoms with Gasteiger partial charge in [0.1, 0.15) is 5.82 Å². The third-order valence-electron chi connectivity index (χ3n) is 4.23. The molecule has 1 saturated heterocycles. The summed E-state index contributed by atoms with van der Waals surface area (Å²) in [5.74, 6) is 2.96. The number of aromatic nitrogens is 2. The first-order chi connectivity index (χ1) is 12.8. The van der Waals surface area contributed by atoms with Gasteiger partial charge in [-0.25, -0.2) is 4.98 Å². The molecule has 9 heteroatoms. The van der Waals surface area contributed by atoms with E-state index < -0.39 is 0 Å². The average molecular weight is 518 g/mol. The van der Waals surface area contributed by atoms with Crippen LogP contribution < -0.4 is 10.2 Å². The molecule has 0 aliphatic carbocycles. The monoisotopic (exact) mass is 518 g/mol. The largest absolute Gasteiger partial charge is 0.355 e. The van der Waals surface area contributed by atoms with Crippen molar-refractivity contribution in [1.82, 2.24) is 19.6 Å². The van der Waals surface area contributed by atoms with Crippen molar-refractivity contribution in [3.8, 4) is 0 Å². The van der Waals surface area contributed by atoms with E-state index in [0.717, 1.165) is 61.8 Å². The molecule has 2 heterocycles. The highest BCUT2D eigenvalue weighted by Crippen LogP contribution is 2.19. The zero-order chi connectivity index (χ0) is 18.2. The van der Waals surface area contributed by atoms with Gasteiger partial charge in [-0.3, -0.25) is 4.99 Å². The van der Waals surface area contributed by atoms with Gasteiger partial charge in [0, 0.05) is 68.4 Å². The number of benzene rings is 1. The number of rotatable bonds is 6. The molecule has 0 saturated carbocycles. The van der Waals surface area contributed by atoms with Crippen molar-refractivity contribution in [3.63, 3.8) is 0 Å². The van der Waals surface area contributed by atoms with E-state index in [1.54, 1.807) is 0 Å². The van der Waals surface area contributed by atoms with Crippen LogP contribution in [0.5, 0.6) is 0 Å². The molecule has 2 aromatic rings. The van der Waals surface area contributed by atoms with Crippen LogP contribution in [0.15, 0.2) is 40.2 Å². The molecular weight excluding hydrogens is 491 g/mol. The minimum atomic E-state index is 0. The summed E-state index contributed by atoms with van der Waals surface area (Å²) < 4.78 is 4.39. The molecule has 27 heavy (non-hydrogen) atoms. The Kier molecular flexibility index (Phi) is 9.63. The third kappa shape index (κ3) is 6.49. The average Bonchev–Trinajstić information content (AvgIpc) is 3.18. The Morgan fingerprint density at radius 2 is 1.96 bits per heavy atom. The van der Waals surface area contributed by atoms with Crippen LogP contribution in [0.3, 0.4) is 0 Å². The highest BCUT2D eigenvalue weighted by atomic mass is 127. The standard InChI is InChI=1S/C18H26N6S2.HI/c1-3-16-21-18(26-22-16)24-12-10-23(11-13-24)17(19-2)20-9-14-25-15-7-5-4-6-8-15;/h4-8H,3,9-14H2,1-2H3,(H,19,20);1H. The quantitative estimate of drug-likeness (QED) is 0.209. The van der Waals surface area contributed by atoms with E-state index in [0.29, 0.717) is 0 Å². The summed E-state index contributed by atoms with van der Waals surface area (Å²) in [7, 11) is 1.86. The van der Waals surface area contributed by atoms with Crippen LogP contribution >= 0.6 is 47.3 Å². The van der Waals surface area contributed by atoms with E-state index in [4.69, 9.17) is 0 Å². The van der Waals surface area contributed by atoms with Crippen LogP contribution in [-0.4, -0.2) is 65.7 Å². The van der Waals surface area contributed by atoms with Crippen LogP contribution in [0, 0.1) is 0 Å². The zero-order valence-corrected chi connectivity index (χ0v) is 19.8. The van der Waals surface area contributed by atoms with Crippen LogP contribution in [0.25, 0.3) is 0 Å². The van der Waals surface area contributed by atoms with Crippen molar-refractivity contribution >= 4 is 58.4 Å². The molecule has 0 amide bonds. The van der Waals surface area contributed by atoms with Crippen molar-refractivity contribution in [1.29, 1.82) is 0 Å². The summed E-state index contributed by atoms with van der Waals surface area (Å²) in [5.41, 5.74) is 0. The minimum Gasteiger partial charge on any atom is -0.355 e. The smallest absolute Gasteiger partial charge is 0.205 e. The van der Waals surface area contributed by atoms with Gasteiger partial charge in [0.25, 0.3) is 0 Å². The van der Waals surface area contributed by atoms with E-state index in [2.05, 4.69) is 66.7 Å². The summed E-state index contributed by atoms with van der Waals surface area (Å²) in [5, 5.41) is 4.53. The minimum absolute atomic E-state index is 0. The van der Waals surface area contributed by atoms with Crippen LogP contribution in [0.4, 0.5) is 5.13 Å². The first-order valence-electron chi connectivity index (χ1n) is 9.01. The summed E-state index contributed by atoms with van der Waals surface area (Å²) in [6.45, 7) is 6.81. The molecular formula is C18H27IN6S2. The number of piperazine rings is 1. The molecule has 1 aliphatic heterocycles. The normalized spacial score (nSPS) is 14.8. The fourth-order valence-corrected chi connectivity index (χ4v) is 4.40. The number of hydrogen-bond donors (Lipinski definition) is 1. The second-order valence-corrected chi connectivity index (χ2v) is 7.85. The first kappa shape index (κ1) is 22.2. The lowest BCUT2D eigenvalue weighted by Gasteiger charge is -2.36. The number of guanidine groups is 1. The second kappa shape index (κ2) is 11.7. The van der Waals surface area contributed by atoms with Crippen molar-refractivity contribution < 1.29 is 0 Å². The Morgan fingerprint density at radius 1 is 1.22 bits per heavy atom. The molecule has 6 nitrogen and oxygen atoms in total. The van der Waals surface area contributed by atoms with Gasteiger partial charge in [0.05, 0.1) is 0 Å². The topological polar surface area (TPSA) is 56.7 Å². The summed E-state index contributed by atoms with van der Waals surface area (Å²) in [4.78, 5) is 15.0. The molecule has 0 unspecified atom stereocenters. The van der Waals surface area contributed by atoms with Crippen molar-refractivity contribution in [2.75, 3.05) is 50.4 Å². The fourth-order valence-electron chi connectivity index (χ4n) is 2.81. The van der Waals surface area contributed by atoms with Crippen molar-refractivity contribution in [2.45, 2.75) is 18.2 Å². The van der Waals surface area contributed by atoms with E-state index in [1.165, 1.54) is 16.4 Å². The number of anilines is 1. The third-order valence-corrected chi connectivity index (χ3v) is 6.06. The lowest BCUT2D eigenvalue weighted by Crippen LogP contribution is -2.52. The molecule has 1 aromatic heterocycles. The predicted octanol–water partition coefficient (Wildman–Crippen LogP) is 3.21. The molecule has 1 fully saturated rings. The van der Waals surface area contributed by atoms with Gasteiger partial charge < -0.3 is 15.1 Å². The lowest BCUT2D eigenvalue weighted by molar-refractivity contribution is 0.373. The molecule has 0 atom stereocenters. The van der Waals surface area contributed by atoms with Crippen LogP contribution in [0.1, 0.15) is 12.7 Å². The molecule has 0 bridgehead atoms. The number of nitrogens with zero attached hydrogens (tertiary/aromatic N) is 5. The van der Waals surface area contributed by atoms with E-state index >= 15 is 0 Å². The van der Waals surface area contributed by atoms with Gasteiger partial charge in [-0.2, -0.15) is 4.37 Å². The highest BCUT2D eigenvalue weighted by molar-refractivity contribution is 14.0. The van der Waals surface area contributed by atoms with E-state index in [1.807, 2.05) is 18.8 Å². The molecule has 1 N–H and O–H groups in total. The maximum atomic E-state index is 4.60. The Hall–Kier alpha value is -1.07. The molecule has 1 aromatic carbocycles. The SMILES string of the molecule is CCc1nsc(N2CCN(C(=NC)NCCSc3ccccc3)CC2)n1.I. The number of halogens is 1. The van der Waals surface area contributed by atoms with Gasteiger partial charge in [-0.15, -0.1) is 35.7 Å². The number of hydrogen-bond acceptors (Lipinski definition) is 6. The maximum absolute atomic E-state index is 4.60. The Labute approximate surface area is 187 Å². The summed E-state index contributed by atoms with van der Waals surface area (Å²) in [6.07, 6.45) is 0.897. The first-order valence-corrected chi connectivity index (χ1v) is 10.8. The predicted molar refractivity (Wildman–Crippen MR) is 127 cm³/mol. The van der Waals surface area contributed by atoms with Crippen molar-refractivity contribution in [2.24, 2.45) is 4.99 Å². The molecule has 3 rings (SSSR count). The Bertz CT molecular complexity index is 701. The van der Waals surface area contributed by atoms with Crippen molar-refractivity contribution in [3.05, 3.63) is 36.2 Å². The fraction of sp³-hybridized carbons (Fsp3) is 0.500. The van der Waals surface area contributed by atoms with Gasteiger partial charge in [-0.1, -0.05) is 25.1 Å². The summed E-state index contributed by atoms with van der Waals surface area (Å²) in [6, 6.07) is 10.5.